The Kier molecular flexibility index (Phi) is 4.37. The Hall–Kier alpha value is -2.10. The van der Waals surface area contributed by atoms with E-state index in [0.717, 1.165) is 50.1 Å². The molecular formula is C20H26N4. The van der Waals surface area contributed by atoms with E-state index in [0.29, 0.717) is 0 Å². The summed E-state index contributed by atoms with van der Waals surface area (Å²) in [4.78, 5) is 14.3. The van der Waals surface area contributed by atoms with Gasteiger partial charge in [0.25, 0.3) is 0 Å². The molecule has 0 atom stereocenters. The predicted molar refractivity (Wildman–Crippen MR) is 98.6 cm³/mol. The van der Waals surface area contributed by atoms with Crippen LogP contribution in [0.15, 0.2) is 30.3 Å². The molecule has 0 bridgehead atoms. The lowest BCUT2D eigenvalue weighted by Gasteiger charge is -2.31. The topological polar surface area (TPSA) is 32.3 Å². The molecule has 2 aromatic rings. The normalized spacial score (nSPS) is 18.2. The molecule has 1 aromatic heterocycles. The maximum atomic E-state index is 4.74. The molecule has 0 N–H and O–H groups in total. The van der Waals surface area contributed by atoms with Crippen LogP contribution in [-0.2, 0) is 13.0 Å². The first-order chi connectivity index (χ1) is 11.8. The molecule has 126 valence electrons. The Morgan fingerprint density at radius 1 is 0.792 bits per heavy atom. The summed E-state index contributed by atoms with van der Waals surface area (Å²) in [6.45, 7) is 6.25. The first-order valence-corrected chi connectivity index (χ1v) is 9.22. The van der Waals surface area contributed by atoms with E-state index in [2.05, 4.69) is 40.1 Å². The lowest BCUT2D eigenvalue weighted by molar-refractivity contribution is 0.712. The summed E-state index contributed by atoms with van der Waals surface area (Å²) in [6.07, 6.45) is 6.33. The maximum absolute atomic E-state index is 4.74. The lowest BCUT2D eigenvalue weighted by atomic mass is 10.00. The van der Waals surface area contributed by atoms with Crippen LogP contribution in [0.2, 0.25) is 0 Å². The molecule has 24 heavy (non-hydrogen) atoms. The van der Waals surface area contributed by atoms with Crippen LogP contribution in [0.3, 0.4) is 0 Å². The zero-order valence-electron chi connectivity index (χ0n) is 14.5. The average molecular weight is 322 g/mol. The van der Waals surface area contributed by atoms with Crippen molar-refractivity contribution in [3.8, 4) is 0 Å². The fourth-order valence-electron chi connectivity index (χ4n) is 3.85. The maximum Gasteiger partial charge on any atom is 0.134 e. The highest BCUT2D eigenvalue weighted by Gasteiger charge is 2.19. The van der Waals surface area contributed by atoms with Gasteiger partial charge in [0.15, 0.2) is 0 Å². The molecular weight excluding hydrogens is 296 g/mol. The summed E-state index contributed by atoms with van der Waals surface area (Å²) in [7, 11) is 0. The third kappa shape index (κ3) is 3.23. The molecule has 4 heteroatoms. The van der Waals surface area contributed by atoms with Crippen LogP contribution in [0.25, 0.3) is 0 Å². The summed E-state index contributed by atoms with van der Waals surface area (Å²) < 4.78 is 0. The minimum atomic E-state index is 0.880. The molecule has 2 aliphatic heterocycles. The molecule has 0 spiro atoms. The van der Waals surface area contributed by atoms with Crippen LogP contribution in [0.4, 0.5) is 11.6 Å². The Morgan fingerprint density at radius 2 is 1.46 bits per heavy atom. The van der Waals surface area contributed by atoms with Crippen molar-refractivity contribution in [2.24, 2.45) is 0 Å². The second-order valence-corrected chi connectivity index (χ2v) is 6.97. The average Bonchev–Trinajstić information content (AvgIpc) is 2.90. The highest BCUT2D eigenvalue weighted by molar-refractivity contribution is 5.52. The SMILES string of the molecule is Cc1nc(N2CCCCCC2)cc(N2CCc3ccccc3C2)n1. The first-order valence-electron chi connectivity index (χ1n) is 9.22. The molecule has 1 fully saturated rings. The lowest BCUT2D eigenvalue weighted by Crippen LogP contribution is -2.32. The predicted octanol–water partition coefficient (Wildman–Crippen LogP) is 3.73. The zero-order valence-corrected chi connectivity index (χ0v) is 14.5. The molecule has 0 amide bonds. The number of aryl methyl sites for hydroxylation is 1. The van der Waals surface area contributed by atoms with Gasteiger partial charge >= 0.3 is 0 Å². The van der Waals surface area contributed by atoms with Crippen LogP contribution in [-0.4, -0.2) is 29.6 Å². The van der Waals surface area contributed by atoms with E-state index in [1.807, 2.05) is 6.92 Å². The summed E-state index contributed by atoms with van der Waals surface area (Å²) in [5.41, 5.74) is 2.91. The van der Waals surface area contributed by atoms with Crippen LogP contribution < -0.4 is 9.80 Å². The van der Waals surface area contributed by atoms with Crippen LogP contribution >= 0.6 is 0 Å². The van der Waals surface area contributed by atoms with Gasteiger partial charge in [-0.1, -0.05) is 37.1 Å². The summed E-state index contributed by atoms with van der Waals surface area (Å²) >= 11 is 0. The Balaban J connectivity index is 1.59. The number of benzene rings is 1. The van der Waals surface area contributed by atoms with E-state index >= 15 is 0 Å². The summed E-state index contributed by atoms with van der Waals surface area (Å²) in [5, 5.41) is 0. The van der Waals surface area contributed by atoms with Crippen LogP contribution in [0, 0.1) is 6.92 Å². The van der Waals surface area contributed by atoms with E-state index < -0.39 is 0 Å². The fourth-order valence-corrected chi connectivity index (χ4v) is 3.85. The van der Waals surface area contributed by atoms with E-state index in [-0.39, 0.29) is 0 Å². The van der Waals surface area contributed by atoms with Crippen molar-refractivity contribution in [2.45, 2.75) is 45.6 Å². The number of hydrogen-bond acceptors (Lipinski definition) is 4. The second kappa shape index (κ2) is 6.80. The molecule has 4 rings (SSSR count). The molecule has 0 unspecified atom stereocenters. The molecule has 3 heterocycles. The van der Waals surface area contributed by atoms with Gasteiger partial charge in [-0.15, -0.1) is 0 Å². The van der Waals surface area contributed by atoms with E-state index in [4.69, 9.17) is 9.97 Å². The largest absolute Gasteiger partial charge is 0.356 e. The van der Waals surface area contributed by atoms with Crippen LogP contribution in [0.1, 0.15) is 42.6 Å². The number of hydrogen-bond donors (Lipinski definition) is 0. The summed E-state index contributed by atoms with van der Waals surface area (Å²) in [5.74, 6) is 3.07. The number of fused-ring (bicyclic) bond motifs is 1. The van der Waals surface area contributed by atoms with E-state index in [1.165, 1.54) is 36.8 Å². The second-order valence-electron chi connectivity index (χ2n) is 6.97. The van der Waals surface area contributed by atoms with Gasteiger partial charge in [0.1, 0.15) is 17.5 Å². The Bertz CT molecular complexity index is 705. The summed E-state index contributed by atoms with van der Waals surface area (Å²) in [6, 6.07) is 11.0. The number of rotatable bonds is 2. The smallest absolute Gasteiger partial charge is 0.134 e. The molecule has 4 nitrogen and oxygen atoms in total. The van der Waals surface area contributed by atoms with Crippen molar-refractivity contribution in [3.63, 3.8) is 0 Å². The Morgan fingerprint density at radius 3 is 2.21 bits per heavy atom. The highest BCUT2D eigenvalue weighted by Crippen LogP contribution is 2.26. The van der Waals surface area contributed by atoms with Gasteiger partial charge in [-0.3, -0.25) is 0 Å². The van der Waals surface area contributed by atoms with Gasteiger partial charge in [0.2, 0.25) is 0 Å². The van der Waals surface area contributed by atoms with Crippen molar-refractivity contribution in [1.29, 1.82) is 0 Å². The minimum Gasteiger partial charge on any atom is -0.356 e. The molecule has 1 saturated heterocycles. The van der Waals surface area contributed by atoms with Crippen molar-refractivity contribution in [3.05, 3.63) is 47.3 Å². The van der Waals surface area contributed by atoms with Gasteiger partial charge in [0.05, 0.1) is 0 Å². The first kappa shape index (κ1) is 15.4. The van der Waals surface area contributed by atoms with Gasteiger partial charge in [-0.2, -0.15) is 0 Å². The van der Waals surface area contributed by atoms with Gasteiger partial charge in [-0.25, -0.2) is 9.97 Å². The van der Waals surface area contributed by atoms with Crippen molar-refractivity contribution >= 4 is 11.6 Å². The molecule has 0 saturated carbocycles. The molecule has 0 aliphatic carbocycles. The number of nitrogens with zero attached hydrogens (tertiary/aromatic N) is 4. The van der Waals surface area contributed by atoms with Gasteiger partial charge in [-0.05, 0) is 37.3 Å². The molecule has 0 radical (unpaired) electrons. The fraction of sp³-hybridized carbons (Fsp3) is 0.500. The third-order valence-corrected chi connectivity index (χ3v) is 5.20. The number of aromatic nitrogens is 2. The molecule has 1 aromatic carbocycles. The zero-order chi connectivity index (χ0) is 16.4. The van der Waals surface area contributed by atoms with E-state index in [9.17, 15) is 0 Å². The van der Waals surface area contributed by atoms with Gasteiger partial charge < -0.3 is 9.80 Å². The number of anilines is 2. The van der Waals surface area contributed by atoms with Crippen molar-refractivity contribution < 1.29 is 0 Å². The van der Waals surface area contributed by atoms with E-state index in [1.54, 1.807) is 0 Å². The Labute approximate surface area is 144 Å². The highest BCUT2D eigenvalue weighted by atomic mass is 15.2. The van der Waals surface area contributed by atoms with Crippen LogP contribution in [0.5, 0.6) is 0 Å². The standard InChI is InChI=1S/C20H26N4/c1-16-21-19(23-11-6-2-3-7-12-23)14-20(22-16)24-13-10-17-8-4-5-9-18(17)15-24/h4-5,8-9,14H,2-3,6-7,10-13,15H2,1H3. The monoisotopic (exact) mass is 322 g/mol. The minimum absolute atomic E-state index is 0.880. The van der Waals surface area contributed by atoms with Crippen molar-refractivity contribution in [1.82, 2.24) is 9.97 Å². The van der Waals surface area contributed by atoms with Gasteiger partial charge in [0, 0.05) is 32.2 Å². The molecule has 2 aliphatic rings. The van der Waals surface area contributed by atoms with Crippen molar-refractivity contribution in [2.75, 3.05) is 29.4 Å². The quantitative estimate of drug-likeness (QED) is 0.843. The third-order valence-electron chi connectivity index (χ3n) is 5.20.